The van der Waals surface area contributed by atoms with Crippen LogP contribution in [0, 0.1) is 10.1 Å². The highest BCUT2D eigenvalue weighted by Gasteiger charge is 2.36. The fraction of sp³-hybridized carbons (Fsp3) is 0.263. The van der Waals surface area contributed by atoms with Crippen LogP contribution in [0.3, 0.4) is 0 Å². The lowest BCUT2D eigenvalue weighted by atomic mass is 9.81. The number of rotatable bonds is 5. The fourth-order valence-electron chi connectivity index (χ4n) is 3.22. The summed E-state index contributed by atoms with van der Waals surface area (Å²) in [5.74, 6) is -1.56. The second kappa shape index (κ2) is 7.06. The number of carboxylic acids is 1. The summed E-state index contributed by atoms with van der Waals surface area (Å²) in [5.41, 5.74) is 2.17. The van der Waals surface area contributed by atoms with Gasteiger partial charge in [0.2, 0.25) is 5.88 Å². The highest BCUT2D eigenvalue weighted by molar-refractivity contribution is 5.93. The molecule has 1 atom stereocenters. The van der Waals surface area contributed by atoms with Crippen molar-refractivity contribution in [2.45, 2.75) is 32.8 Å². The number of carbonyl (C=O) groups is 1. The molecule has 1 unspecified atom stereocenters. The van der Waals surface area contributed by atoms with Gasteiger partial charge in [-0.25, -0.2) is 9.78 Å². The Morgan fingerprint density at radius 2 is 2.11 bits per heavy atom. The van der Waals surface area contributed by atoms with Gasteiger partial charge in [0.25, 0.3) is 5.69 Å². The largest absolute Gasteiger partial charge is 0.478 e. The van der Waals surface area contributed by atoms with Crippen molar-refractivity contribution in [2.75, 3.05) is 5.32 Å². The molecule has 140 valence electrons. The van der Waals surface area contributed by atoms with E-state index >= 15 is 0 Å². The van der Waals surface area contributed by atoms with Gasteiger partial charge in [-0.05, 0) is 32.4 Å². The van der Waals surface area contributed by atoms with Crippen LogP contribution < -0.4 is 10.1 Å². The lowest BCUT2D eigenvalue weighted by Crippen LogP contribution is -2.24. The molecule has 2 heterocycles. The summed E-state index contributed by atoms with van der Waals surface area (Å²) in [4.78, 5) is 27.0. The normalized spacial score (nSPS) is 15.9. The number of pyridine rings is 1. The molecule has 1 aromatic heterocycles. The van der Waals surface area contributed by atoms with Gasteiger partial charge in [0, 0.05) is 35.3 Å². The summed E-state index contributed by atoms with van der Waals surface area (Å²) in [7, 11) is 0. The van der Waals surface area contributed by atoms with Gasteiger partial charge in [-0.3, -0.25) is 10.1 Å². The van der Waals surface area contributed by atoms with Crippen molar-refractivity contribution in [3.8, 4) is 5.88 Å². The minimum atomic E-state index is -1.11. The number of hydrogen-bond donors (Lipinski definition) is 2. The van der Waals surface area contributed by atoms with Crippen molar-refractivity contribution >= 4 is 17.3 Å². The Morgan fingerprint density at radius 1 is 1.37 bits per heavy atom. The predicted octanol–water partition coefficient (Wildman–Crippen LogP) is 3.69. The fourth-order valence-corrected chi connectivity index (χ4v) is 3.22. The topological polar surface area (TPSA) is 115 Å². The molecule has 8 heteroatoms. The molecule has 8 nitrogen and oxygen atoms in total. The molecule has 2 aromatic rings. The first-order valence-corrected chi connectivity index (χ1v) is 8.40. The molecule has 0 radical (unpaired) electrons. The Balaban J connectivity index is 2.28. The lowest BCUT2D eigenvalue weighted by Gasteiger charge is -2.30. The van der Waals surface area contributed by atoms with E-state index in [4.69, 9.17) is 4.74 Å². The molecule has 0 aliphatic carbocycles. The Labute approximate surface area is 155 Å². The summed E-state index contributed by atoms with van der Waals surface area (Å²) in [6.45, 7) is 5.36. The Kier molecular flexibility index (Phi) is 4.81. The molecule has 27 heavy (non-hydrogen) atoms. The number of nitrogens with zero attached hydrogens (tertiary/aromatic N) is 2. The standard InChI is InChI=1S/C19H19N3O5/c1-10(2)27-18-17-14(7-8-20-18)21-11(3)15(19(23)24)16(17)12-5-4-6-13(9-12)22(25)26/h4-10,16,21H,1-3H3,(H,23,24). The number of carboxylic acid groups (broad SMARTS) is 1. The molecule has 0 saturated heterocycles. The maximum atomic E-state index is 12.0. The molecular weight excluding hydrogens is 350 g/mol. The lowest BCUT2D eigenvalue weighted by molar-refractivity contribution is -0.384. The molecule has 0 fully saturated rings. The van der Waals surface area contributed by atoms with Gasteiger partial charge in [0.1, 0.15) is 0 Å². The van der Waals surface area contributed by atoms with Gasteiger partial charge in [0.05, 0.1) is 22.5 Å². The number of nitrogens with one attached hydrogen (secondary N) is 1. The molecule has 1 aromatic carbocycles. The Hall–Kier alpha value is -3.42. The van der Waals surface area contributed by atoms with Crippen molar-refractivity contribution in [3.63, 3.8) is 0 Å². The van der Waals surface area contributed by atoms with Crippen molar-refractivity contribution < 1.29 is 19.6 Å². The minimum absolute atomic E-state index is 0.101. The van der Waals surface area contributed by atoms with Crippen molar-refractivity contribution in [3.05, 3.63) is 69.0 Å². The summed E-state index contributed by atoms with van der Waals surface area (Å²) in [6.07, 6.45) is 1.41. The zero-order valence-corrected chi connectivity index (χ0v) is 15.1. The van der Waals surface area contributed by atoms with Crippen LogP contribution in [0.4, 0.5) is 11.4 Å². The van der Waals surface area contributed by atoms with Crippen LogP contribution in [0.15, 0.2) is 47.8 Å². The minimum Gasteiger partial charge on any atom is -0.478 e. The molecule has 0 saturated carbocycles. The Morgan fingerprint density at radius 3 is 2.74 bits per heavy atom. The van der Waals surface area contributed by atoms with Gasteiger partial charge in [0.15, 0.2) is 0 Å². The van der Waals surface area contributed by atoms with Gasteiger partial charge >= 0.3 is 5.97 Å². The summed E-state index contributed by atoms with van der Waals surface area (Å²) in [5, 5.41) is 24.1. The molecule has 0 bridgehead atoms. The number of nitro benzene ring substituents is 1. The van der Waals surface area contributed by atoms with Gasteiger partial charge in [-0.2, -0.15) is 0 Å². The van der Waals surface area contributed by atoms with Crippen LogP contribution in [0.5, 0.6) is 5.88 Å². The molecule has 3 rings (SSSR count). The van der Waals surface area contributed by atoms with Gasteiger partial charge in [-0.15, -0.1) is 0 Å². The predicted molar refractivity (Wildman–Crippen MR) is 98.9 cm³/mol. The Bertz CT molecular complexity index is 952. The number of hydrogen-bond acceptors (Lipinski definition) is 6. The van der Waals surface area contributed by atoms with Crippen molar-refractivity contribution in [2.24, 2.45) is 0 Å². The average molecular weight is 369 g/mol. The molecule has 1 aliphatic rings. The number of allylic oxidation sites excluding steroid dienone is 1. The third-order valence-corrected chi connectivity index (χ3v) is 4.25. The zero-order chi connectivity index (χ0) is 19.7. The van der Waals surface area contributed by atoms with Crippen LogP contribution >= 0.6 is 0 Å². The number of aromatic nitrogens is 1. The number of ether oxygens (including phenoxy) is 1. The molecule has 1 aliphatic heterocycles. The first-order chi connectivity index (χ1) is 12.8. The van der Waals surface area contributed by atoms with E-state index in [0.29, 0.717) is 28.4 Å². The van der Waals surface area contributed by atoms with E-state index < -0.39 is 16.8 Å². The number of benzene rings is 1. The quantitative estimate of drug-likeness (QED) is 0.610. The monoisotopic (exact) mass is 369 g/mol. The van der Waals surface area contributed by atoms with Crippen LogP contribution in [0.1, 0.15) is 37.8 Å². The van der Waals surface area contributed by atoms with Gasteiger partial charge < -0.3 is 15.2 Å². The number of anilines is 1. The number of non-ortho nitro benzene ring substituents is 1. The highest BCUT2D eigenvalue weighted by Crippen LogP contribution is 2.46. The van der Waals surface area contributed by atoms with Crippen LogP contribution in [-0.4, -0.2) is 27.1 Å². The summed E-state index contributed by atoms with van der Waals surface area (Å²) in [6, 6.07) is 7.72. The number of fused-ring (bicyclic) bond motifs is 1. The molecule has 0 spiro atoms. The number of aliphatic carboxylic acids is 1. The van der Waals surface area contributed by atoms with E-state index in [1.54, 1.807) is 31.3 Å². The smallest absolute Gasteiger partial charge is 0.334 e. The zero-order valence-electron chi connectivity index (χ0n) is 15.1. The first-order valence-electron chi connectivity index (χ1n) is 8.40. The summed E-state index contributed by atoms with van der Waals surface area (Å²) >= 11 is 0. The maximum Gasteiger partial charge on any atom is 0.334 e. The number of nitro groups is 1. The van der Waals surface area contributed by atoms with E-state index in [2.05, 4.69) is 10.3 Å². The second-order valence-corrected chi connectivity index (χ2v) is 6.50. The highest BCUT2D eigenvalue weighted by atomic mass is 16.6. The maximum absolute atomic E-state index is 12.0. The molecule has 2 N–H and O–H groups in total. The SMILES string of the molecule is CC1=C(C(=O)O)C(c2cccc([N+](=O)[O-])c2)c2c(ccnc2OC(C)C)N1. The average Bonchev–Trinajstić information content (AvgIpc) is 2.60. The van der Waals surface area contributed by atoms with E-state index in [9.17, 15) is 20.0 Å². The van der Waals surface area contributed by atoms with Gasteiger partial charge in [-0.1, -0.05) is 12.1 Å². The van der Waals surface area contributed by atoms with Crippen molar-refractivity contribution in [1.82, 2.24) is 4.98 Å². The third-order valence-electron chi connectivity index (χ3n) is 4.25. The van der Waals surface area contributed by atoms with E-state index in [0.717, 1.165) is 0 Å². The molecule has 0 amide bonds. The summed E-state index contributed by atoms with van der Waals surface area (Å²) < 4.78 is 5.80. The van der Waals surface area contributed by atoms with Crippen LogP contribution in [0.2, 0.25) is 0 Å². The first kappa shape index (κ1) is 18.4. The third kappa shape index (κ3) is 3.46. The van der Waals surface area contributed by atoms with E-state index in [1.165, 1.54) is 12.1 Å². The van der Waals surface area contributed by atoms with Crippen LogP contribution in [-0.2, 0) is 4.79 Å². The van der Waals surface area contributed by atoms with Crippen molar-refractivity contribution in [1.29, 1.82) is 0 Å². The van der Waals surface area contributed by atoms with E-state index in [-0.39, 0.29) is 17.4 Å². The second-order valence-electron chi connectivity index (χ2n) is 6.50. The van der Waals surface area contributed by atoms with Crippen LogP contribution in [0.25, 0.3) is 0 Å². The molecular formula is C19H19N3O5. The van der Waals surface area contributed by atoms with E-state index in [1.807, 2.05) is 13.8 Å².